The number of ether oxygens (including phenoxy) is 1. The standard InChI is InChI=1S/C25H20ClN3O2/c26-20-6-3-4-17(14-20)15-23(25(30)29-27)18-9-12-22(13-10-18)31-16-21-11-8-19-5-1-2-7-24(19)28-21/h1-15H,16,27H2,(H,29,30)/b23-15+. The number of nitrogens with two attached hydrogens (primary N) is 1. The minimum atomic E-state index is -0.394. The number of benzene rings is 3. The fraction of sp³-hybridized carbons (Fsp3) is 0.0400. The molecule has 4 rings (SSSR count). The lowest BCUT2D eigenvalue weighted by Crippen LogP contribution is -2.30. The molecule has 0 saturated heterocycles. The van der Waals surface area contributed by atoms with E-state index in [9.17, 15) is 4.79 Å². The normalized spacial score (nSPS) is 11.4. The van der Waals surface area contributed by atoms with Gasteiger partial charge in [-0.2, -0.15) is 0 Å². The Kier molecular flexibility index (Phi) is 6.26. The molecule has 0 radical (unpaired) electrons. The Balaban J connectivity index is 1.51. The molecule has 1 heterocycles. The number of aromatic nitrogens is 1. The third kappa shape index (κ3) is 5.09. The van der Waals surface area contributed by atoms with Crippen LogP contribution in [-0.4, -0.2) is 10.9 Å². The van der Waals surface area contributed by atoms with Gasteiger partial charge in [0.25, 0.3) is 5.91 Å². The van der Waals surface area contributed by atoms with E-state index in [1.165, 1.54) is 0 Å². The average Bonchev–Trinajstić information content (AvgIpc) is 2.81. The molecule has 0 aliphatic carbocycles. The number of hydrogen-bond acceptors (Lipinski definition) is 4. The summed E-state index contributed by atoms with van der Waals surface area (Å²) in [4.78, 5) is 16.9. The number of nitrogens with zero attached hydrogens (tertiary/aromatic N) is 1. The maximum absolute atomic E-state index is 12.3. The summed E-state index contributed by atoms with van der Waals surface area (Å²) >= 11 is 6.05. The van der Waals surface area contributed by atoms with Gasteiger partial charge in [0.05, 0.1) is 11.2 Å². The number of amides is 1. The molecule has 3 aromatic carbocycles. The van der Waals surface area contributed by atoms with Crippen LogP contribution < -0.4 is 16.0 Å². The van der Waals surface area contributed by atoms with E-state index in [0.717, 1.165) is 22.2 Å². The number of para-hydroxylation sites is 1. The van der Waals surface area contributed by atoms with E-state index in [1.807, 2.05) is 72.8 Å². The SMILES string of the molecule is NNC(=O)/C(=C/c1cccc(Cl)c1)c1ccc(OCc2ccc3ccccc3n2)cc1. The number of carbonyl (C=O) groups is 1. The molecule has 5 nitrogen and oxygen atoms in total. The van der Waals surface area contributed by atoms with Crippen molar-refractivity contribution in [3.05, 3.63) is 107 Å². The zero-order valence-corrected chi connectivity index (χ0v) is 17.3. The molecule has 0 unspecified atom stereocenters. The highest BCUT2D eigenvalue weighted by Crippen LogP contribution is 2.23. The predicted octanol–water partition coefficient (Wildman–Crippen LogP) is 5.00. The maximum atomic E-state index is 12.3. The highest BCUT2D eigenvalue weighted by Gasteiger charge is 2.11. The summed E-state index contributed by atoms with van der Waals surface area (Å²) in [7, 11) is 0. The van der Waals surface area contributed by atoms with Gasteiger partial charge in [-0.1, -0.05) is 60.1 Å². The number of hydrogen-bond donors (Lipinski definition) is 2. The van der Waals surface area contributed by atoms with E-state index in [1.54, 1.807) is 18.2 Å². The molecule has 1 aromatic heterocycles. The molecule has 0 atom stereocenters. The third-order valence-corrected chi connectivity index (χ3v) is 4.98. The van der Waals surface area contributed by atoms with Crippen molar-refractivity contribution in [1.29, 1.82) is 0 Å². The highest BCUT2D eigenvalue weighted by atomic mass is 35.5. The number of hydrazine groups is 1. The minimum absolute atomic E-state index is 0.346. The van der Waals surface area contributed by atoms with Gasteiger partial charge in [0.1, 0.15) is 12.4 Å². The largest absolute Gasteiger partial charge is 0.487 e. The topological polar surface area (TPSA) is 77.2 Å². The molecule has 0 aliphatic heterocycles. The summed E-state index contributed by atoms with van der Waals surface area (Å²) in [5.41, 5.74) is 5.90. The summed E-state index contributed by atoms with van der Waals surface area (Å²) in [5.74, 6) is 5.66. The Labute approximate surface area is 185 Å². The lowest BCUT2D eigenvalue weighted by molar-refractivity contribution is -0.115. The molecule has 1 amide bonds. The number of pyridine rings is 1. The van der Waals surface area contributed by atoms with E-state index in [-0.39, 0.29) is 0 Å². The number of fused-ring (bicyclic) bond motifs is 1. The third-order valence-electron chi connectivity index (χ3n) is 4.74. The summed E-state index contributed by atoms with van der Waals surface area (Å²) in [6.45, 7) is 0.346. The summed E-state index contributed by atoms with van der Waals surface area (Å²) < 4.78 is 5.87. The molecule has 0 spiro atoms. The Morgan fingerprint density at radius 2 is 1.81 bits per heavy atom. The van der Waals surface area contributed by atoms with Crippen LogP contribution >= 0.6 is 11.6 Å². The van der Waals surface area contributed by atoms with Gasteiger partial charge >= 0.3 is 0 Å². The van der Waals surface area contributed by atoms with Gasteiger partial charge in [0.15, 0.2) is 0 Å². The van der Waals surface area contributed by atoms with E-state index in [0.29, 0.717) is 28.5 Å². The summed E-state index contributed by atoms with van der Waals surface area (Å²) in [6, 6.07) is 26.4. The maximum Gasteiger partial charge on any atom is 0.265 e. The van der Waals surface area contributed by atoms with Crippen molar-refractivity contribution in [2.45, 2.75) is 6.61 Å². The van der Waals surface area contributed by atoms with Crippen molar-refractivity contribution in [1.82, 2.24) is 10.4 Å². The van der Waals surface area contributed by atoms with E-state index >= 15 is 0 Å². The molecule has 4 aromatic rings. The van der Waals surface area contributed by atoms with Gasteiger partial charge in [0.2, 0.25) is 0 Å². The minimum Gasteiger partial charge on any atom is -0.487 e. The number of nitrogens with one attached hydrogen (secondary N) is 1. The van der Waals surface area contributed by atoms with Crippen molar-refractivity contribution in [2.75, 3.05) is 0 Å². The van der Waals surface area contributed by atoms with Crippen molar-refractivity contribution in [2.24, 2.45) is 5.84 Å². The monoisotopic (exact) mass is 429 g/mol. The first-order valence-electron chi connectivity index (χ1n) is 9.68. The van der Waals surface area contributed by atoms with Gasteiger partial charge < -0.3 is 4.74 Å². The number of rotatable bonds is 6. The molecular formula is C25H20ClN3O2. The van der Waals surface area contributed by atoms with Crippen molar-refractivity contribution in [3.8, 4) is 5.75 Å². The van der Waals surface area contributed by atoms with Crippen LogP contribution in [0, 0.1) is 0 Å². The second-order valence-corrected chi connectivity index (χ2v) is 7.33. The van der Waals surface area contributed by atoms with Crippen LogP contribution in [0.5, 0.6) is 5.75 Å². The van der Waals surface area contributed by atoms with Gasteiger partial charge in [-0.25, -0.2) is 10.8 Å². The second-order valence-electron chi connectivity index (χ2n) is 6.89. The molecule has 0 saturated carbocycles. The molecule has 0 bridgehead atoms. The fourth-order valence-electron chi connectivity index (χ4n) is 3.20. The zero-order chi connectivity index (χ0) is 21.6. The van der Waals surface area contributed by atoms with Crippen LogP contribution in [0.3, 0.4) is 0 Å². The summed E-state index contributed by atoms with van der Waals surface area (Å²) in [6.07, 6.45) is 1.74. The van der Waals surface area contributed by atoms with Crippen molar-refractivity contribution < 1.29 is 9.53 Å². The first kappa shape index (κ1) is 20.6. The predicted molar refractivity (Wildman–Crippen MR) is 124 cm³/mol. The fourth-order valence-corrected chi connectivity index (χ4v) is 3.40. The Hall–Kier alpha value is -3.67. The lowest BCUT2D eigenvalue weighted by atomic mass is 10.0. The average molecular weight is 430 g/mol. The van der Waals surface area contributed by atoms with E-state index in [2.05, 4.69) is 10.4 Å². The Morgan fingerprint density at radius 1 is 1.00 bits per heavy atom. The van der Waals surface area contributed by atoms with Crippen molar-refractivity contribution >= 4 is 40.1 Å². The molecule has 0 aliphatic rings. The van der Waals surface area contributed by atoms with Crippen LogP contribution in [0.25, 0.3) is 22.6 Å². The van der Waals surface area contributed by atoms with Gasteiger partial charge in [-0.05, 0) is 53.6 Å². The van der Waals surface area contributed by atoms with Crippen LogP contribution in [0.2, 0.25) is 5.02 Å². The van der Waals surface area contributed by atoms with Gasteiger partial charge in [-0.15, -0.1) is 0 Å². The Bertz CT molecular complexity index is 1250. The summed E-state index contributed by atoms with van der Waals surface area (Å²) in [5, 5.41) is 1.68. The molecule has 3 N–H and O–H groups in total. The number of carbonyl (C=O) groups excluding carboxylic acids is 1. The Morgan fingerprint density at radius 3 is 2.58 bits per heavy atom. The van der Waals surface area contributed by atoms with Crippen LogP contribution in [0.1, 0.15) is 16.8 Å². The van der Waals surface area contributed by atoms with E-state index in [4.69, 9.17) is 22.2 Å². The van der Waals surface area contributed by atoms with E-state index < -0.39 is 5.91 Å². The lowest BCUT2D eigenvalue weighted by Gasteiger charge is -2.10. The quantitative estimate of drug-likeness (QED) is 0.149. The first-order chi connectivity index (χ1) is 15.1. The molecule has 6 heteroatoms. The molecule has 154 valence electrons. The first-order valence-corrected chi connectivity index (χ1v) is 10.1. The number of halogens is 1. The van der Waals surface area contributed by atoms with Crippen LogP contribution in [-0.2, 0) is 11.4 Å². The smallest absolute Gasteiger partial charge is 0.265 e. The molecule has 31 heavy (non-hydrogen) atoms. The van der Waals surface area contributed by atoms with Gasteiger partial charge in [0, 0.05) is 16.0 Å². The second kappa shape index (κ2) is 9.43. The van der Waals surface area contributed by atoms with Crippen LogP contribution in [0.15, 0.2) is 84.9 Å². The molecular weight excluding hydrogens is 410 g/mol. The zero-order valence-electron chi connectivity index (χ0n) is 16.6. The molecule has 0 fully saturated rings. The van der Waals surface area contributed by atoms with Gasteiger partial charge in [-0.3, -0.25) is 10.2 Å². The van der Waals surface area contributed by atoms with Crippen molar-refractivity contribution in [3.63, 3.8) is 0 Å². The van der Waals surface area contributed by atoms with Crippen LogP contribution in [0.4, 0.5) is 0 Å². The highest BCUT2D eigenvalue weighted by molar-refractivity contribution is 6.31.